The van der Waals surface area contributed by atoms with Crippen LogP contribution in [0.1, 0.15) is 0 Å². The molecule has 5 nitrogen and oxygen atoms in total. The molecular formula is C8H6BrNO4. The van der Waals surface area contributed by atoms with E-state index in [-0.39, 0.29) is 5.69 Å². The van der Waals surface area contributed by atoms with E-state index in [4.69, 9.17) is 9.47 Å². The molecule has 0 aromatic heterocycles. The standard InChI is InChI=1S/C8H6BrNO4/c9-5-3-7-8(14-2-1-13-7)4-6(5)10(11)12/h3-4H,1-2H2. The smallest absolute Gasteiger partial charge is 0.287 e. The van der Waals surface area contributed by atoms with Crippen molar-refractivity contribution in [2.75, 3.05) is 13.2 Å². The molecule has 1 aliphatic rings. The maximum absolute atomic E-state index is 10.6. The van der Waals surface area contributed by atoms with Gasteiger partial charge in [0, 0.05) is 6.07 Å². The Bertz CT molecular complexity index is 393. The minimum absolute atomic E-state index is 0.0192. The third-order valence-corrected chi connectivity index (χ3v) is 2.44. The van der Waals surface area contributed by atoms with E-state index in [1.165, 1.54) is 6.07 Å². The van der Waals surface area contributed by atoms with Crippen LogP contribution in [0.3, 0.4) is 0 Å². The largest absolute Gasteiger partial charge is 0.486 e. The Morgan fingerprint density at radius 3 is 2.43 bits per heavy atom. The zero-order valence-corrected chi connectivity index (χ0v) is 8.61. The van der Waals surface area contributed by atoms with Gasteiger partial charge < -0.3 is 9.47 Å². The van der Waals surface area contributed by atoms with E-state index in [2.05, 4.69) is 15.9 Å². The van der Waals surface area contributed by atoms with E-state index < -0.39 is 4.92 Å². The summed E-state index contributed by atoms with van der Waals surface area (Å²) in [5, 5.41) is 10.6. The zero-order chi connectivity index (χ0) is 10.1. The van der Waals surface area contributed by atoms with Crippen LogP contribution in [0.15, 0.2) is 16.6 Å². The average Bonchev–Trinajstić information content (AvgIpc) is 2.16. The number of nitro groups is 1. The first-order chi connectivity index (χ1) is 6.68. The molecule has 0 aliphatic carbocycles. The molecule has 0 bridgehead atoms. The van der Waals surface area contributed by atoms with E-state index in [9.17, 15) is 10.1 Å². The molecular weight excluding hydrogens is 254 g/mol. The molecule has 74 valence electrons. The molecule has 0 amide bonds. The maximum atomic E-state index is 10.6. The topological polar surface area (TPSA) is 61.6 Å². The van der Waals surface area contributed by atoms with Crippen molar-refractivity contribution >= 4 is 21.6 Å². The van der Waals surface area contributed by atoms with Crippen molar-refractivity contribution in [3.8, 4) is 11.5 Å². The first-order valence-electron chi connectivity index (χ1n) is 3.92. The number of fused-ring (bicyclic) bond motifs is 1. The quantitative estimate of drug-likeness (QED) is 0.573. The molecule has 0 N–H and O–H groups in total. The second-order valence-electron chi connectivity index (χ2n) is 2.70. The Balaban J connectivity index is 2.50. The second kappa shape index (κ2) is 3.45. The minimum Gasteiger partial charge on any atom is -0.486 e. The molecule has 0 atom stereocenters. The fraction of sp³-hybridized carbons (Fsp3) is 0.250. The first kappa shape index (κ1) is 9.26. The van der Waals surface area contributed by atoms with Crippen LogP contribution in [0.25, 0.3) is 0 Å². The SMILES string of the molecule is O=[N+]([O-])c1cc2c(cc1Br)OCCO2. The Morgan fingerprint density at radius 1 is 1.29 bits per heavy atom. The van der Waals surface area contributed by atoms with Gasteiger partial charge >= 0.3 is 0 Å². The van der Waals surface area contributed by atoms with Gasteiger partial charge in [0.1, 0.15) is 13.2 Å². The first-order valence-corrected chi connectivity index (χ1v) is 4.71. The summed E-state index contributed by atoms with van der Waals surface area (Å²) < 4.78 is 10.9. The fourth-order valence-corrected chi connectivity index (χ4v) is 1.66. The molecule has 2 rings (SSSR count). The third-order valence-electron chi connectivity index (χ3n) is 1.81. The van der Waals surface area contributed by atoms with Crippen LogP contribution >= 0.6 is 15.9 Å². The monoisotopic (exact) mass is 259 g/mol. The predicted octanol–water partition coefficient (Wildman–Crippen LogP) is 2.13. The molecule has 0 fully saturated rings. The van der Waals surface area contributed by atoms with Gasteiger partial charge in [-0.1, -0.05) is 0 Å². The van der Waals surface area contributed by atoms with Gasteiger partial charge in [-0.2, -0.15) is 0 Å². The lowest BCUT2D eigenvalue weighted by atomic mass is 10.2. The van der Waals surface area contributed by atoms with Crippen LogP contribution in [0, 0.1) is 10.1 Å². The van der Waals surface area contributed by atoms with Crippen molar-refractivity contribution in [1.29, 1.82) is 0 Å². The second-order valence-corrected chi connectivity index (χ2v) is 3.56. The van der Waals surface area contributed by atoms with Crippen molar-refractivity contribution in [2.45, 2.75) is 0 Å². The molecule has 14 heavy (non-hydrogen) atoms. The number of rotatable bonds is 1. The molecule has 1 heterocycles. The average molecular weight is 260 g/mol. The highest BCUT2D eigenvalue weighted by molar-refractivity contribution is 9.10. The fourth-order valence-electron chi connectivity index (χ4n) is 1.19. The normalized spacial score (nSPS) is 13.8. The minimum atomic E-state index is -0.470. The van der Waals surface area contributed by atoms with Crippen LogP contribution in [-0.2, 0) is 0 Å². The van der Waals surface area contributed by atoms with Gasteiger partial charge in [0.25, 0.3) is 5.69 Å². The number of benzene rings is 1. The van der Waals surface area contributed by atoms with Gasteiger partial charge in [-0.05, 0) is 15.9 Å². The Morgan fingerprint density at radius 2 is 1.86 bits per heavy atom. The summed E-state index contributed by atoms with van der Waals surface area (Å²) in [6.07, 6.45) is 0. The van der Waals surface area contributed by atoms with Gasteiger partial charge in [0.15, 0.2) is 11.5 Å². The Hall–Kier alpha value is -1.30. The number of nitrogens with zero attached hydrogens (tertiary/aromatic N) is 1. The summed E-state index contributed by atoms with van der Waals surface area (Å²) in [7, 11) is 0. The van der Waals surface area contributed by atoms with Gasteiger partial charge in [0.05, 0.1) is 15.5 Å². The van der Waals surface area contributed by atoms with Crippen LogP contribution in [0.4, 0.5) is 5.69 Å². The maximum Gasteiger partial charge on any atom is 0.287 e. The summed E-state index contributed by atoms with van der Waals surface area (Å²) in [6.45, 7) is 0.892. The molecule has 0 radical (unpaired) electrons. The van der Waals surface area contributed by atoms with Crippen molar-refractivity contribution in [3.63, 3.8) is 0 Å². The summed E-state index contributed by atoms with van der Waals surface area (Å²) in [5.41, 5.74) is -0.0192. The van der Waals surface area contributed by atoms with Gasteiger partial charge in [-0.25, -0.2) is 0 Å². The number of ether oxygens (including phenoxy) is 2. The van der Waals surface area contributed by atoms with Crippen molar-refractivity contribution < 1.29 is 14.4 Å². The molecule has 6 heteroatoms. The predicted molar refractivity (Wildman–Crippen MR) is 51.8 cm³/mol. The van der Waals surface area contributed by atoms with E-state index in [0.717, 1.165) is 0 Å². The Labute approximate surface area is 87.9 Å². The van der Waals surface area contributed by atoms with E-state index in [0.29, 0.717) is 29.2 Å². The highest BCUT2D eigenvalue weighted by Gasteiger charge is 2.20. The molecule has 0 saturated carbocycles. The number of hydrogen-bond acceptors (Lipinski definition) is 4. The third kappa shape index (κ3) is 1.52. The highest BCUT2D eigenvalue weighted by Crippen LogP contribution is 2.38. The summed E-state index contributed by atoms with van der Waals surface area (Å²) in [4.78, 5) is 10.1. The number of hydrogen-bond donors (Lipinski definition) is 0. The molecule has 1 aliphatic heterocycles. The number of nitro benzene ring substituents is 1. The van der Waals surface area contributed by atoms with Crippen LogP contribution < -0.4 is 9.47 Å². The van der Waals surface area contributed by atoms with E-state index in [1.807, 2.05) is 0 Å². The number of halogens is 1. The lowest BCUT2D eigenvalue weighted by Gasteiger charge is -2.17. The molecule has 0 saturated heterocycles. The zero-order valence-electron chi connectivity index (χ0n) is 7.03. The Kier molecular flexibility index (Phi) is 2.28. The lowest BCUT2D eigenvalue weighted by molar-refractivity contribution is -0.385. The van der Waals surface area contributed by atoms with Crippen LogP contribution in [0.2, 0.25) is 0 Å². The lowest BCUT2D eigenvalue weighted by Crippen LogP contribution is -2.15. The van der Waals surface area contributed by atoms with Crippen LogP contribution in [0.5, 0.6) is 11.5 Å². The van der Waals surface area contributed by atoms with Crippen molar-refractivity contribution in [1.82, 2.24) is 0 Å². The van der Waals surface area contributed by atoms with Crippen molar-refractivity contribution in [2.24, 2.45) is 0 Å². The molecule has 1 aromatic carbocycles. The molecule has 1 aromatic rings. The summed E-state index contributed by atoms with van der Waals surface area (Å²) >= 11 is 3.10. The highest BCUT2D eigenvalue weighted by atomic mass is 79.9. The van der Waals surface area contributed by atoms with Crippen LogP contribution in [-0.4, -0.2) is 18.1 Å². The van der Waals surface area contributed by atoms with Gasteiger partial charge in [0.2, 0.25) is 0 Å². The summed E-state index contributed by atoms with van der Waals surface area (Å²) in [5.74, 6) is 0.958. The molecule has 0 spiro atoms. The van der Waals surface area contributed by atoms with Gasteiger partial charge in [-0.3, -0.25) is 10.1 Å². The summed E-state index contributed by atoms with van der Waals surface area (Å²) in [6, 6.07) is 2.91. The van der Waals surface area contributed by atoms with E-state index in [1.54, 1.807) is 6.07 Å². The molecule has 0 unspecified atom stereocenters. The van der Waals surface area contributed by atoms with Crippen molar-refractivity contribution in [3.05, 3.63) is 26.7 Å². The van der Waals surface area contributed by atoms with Gasteiger partial charge in [-0.15, -0.1) is 0 Å². The van der Waals surface area contributed by atoms with E-state index >= 15 is 0 Å².